The van der Waals surface area contributed by atoms with Crippen molar-refractivity contribution in [1.29, 1.82) is 0 Å². The van der Waals surface area contributed by atoms with Crippen molar-refractivity contribution in [3.8, 4) is 0 Å². The second-order valence-corrected chi connectivity index (χ2v) is 8.05. The van der Waals surface area contributed by atoms with Gasteiger partial charge in [0.15, 0.2) is 0 Å². The SMILES string of the molecule is O=C(Nc1ccc2c(c1)CCN2C(=O)C1CCCC1)c1cccc2ccccc12. The fourth-order valence-corrected chi connectivity index (χ4v) is 4.72. The largest absolute Gasteiger partial charge is 0.322 e. The third-order valence-electron chi connectivity index (χ3n) is 6.24. The molecule has 1 heterocycles. The maximum absolute atomic E-state index is 12.9. The molecule has 2 amide bonds. The minimum Gasteiger partial charge on any atom is -0.322 e. The minimum atomic E-state index is -0.112. The Morgan fingerprint density at radius 1 is 0.931 bits per heavy atom. The Labute approximate surface area is 170 Å². The first-order valence-corrected chi connectivity index (χ1v) is 10.4. The number of nitrogens with zero attached hydrogens (tertiary/aromatic N) is 1. The summed E-state index contributed by atoms with van der Waals surface area (Å²) in [4.78, 5) is 27.7. The number of hydrogen-bond acceptors (Lipinski definition) is 2. The van der Waals surface area contributed by atoms with E-state index in [-0.39, 0.29) is 17.7 Å². The summed E-state index contributed by atoms with van der Waals surface area (Å²) in [7, 11) is 0. The maximum atomic E-state index is 12.9. The van der Waals surface area contributed by atoms with Gasteiger partial charge in [-0.1, -0.05) is 49.2 Å². The molecule has 0 bridgehead atoms. The molecule has 0 spiro atoms. The number of anilines is 2. The molecule has 3 aromatic rings. The third kappa shape index (κ3) is 3.29. The van der Waals surface area contributed by atoms with E-state index >= 15 is 0 Å². The van der Waals surface area contributed by atoms with Gasteiger partial charge < -0.3 is 10.2 Å². The highest BCUT2D eigenvalue weighted by Gasteiger charge is 2.31. The van der Waals surface area contributed by atoms with Crippen LogP contribution in [0.2, 0.25) is 0 Å². The second kappa shape index (κ2) is 7.36. The van der Waals surface area contributed by atoms with Gasteiger partial charge in [-0.2, -0.15) is 0 Å². The van der Waals surface area contributed by atoms with Crippen molar-refractivity contribution in [3.63, 3.8) is 0 Å². The number of carbonyl (C=O) groups is 2. The fraction of sp³-hybridized carbons (Fsp3) is 0.280. The van der Waals surface area contributed by atoms with Gasteiger partial charge in [0.25, 0.3) is 5.91 Å². The van der Waals surface area contributed by atoms with Crippen LogP contribution < -0.4 is 10.2 Å². The number of nitrogens with one attached hydrogen (secondary N) is 1. The topological polar surface area (TPSA) is 49.4 Å². The van der Waals surface area contributed by atoms with Crippen molar-refractivity contribution in [2.75, 3.05) is 16.8 Å². The summed E-state index contributed by atoms with van der Waals surface area (Å²) < 4.78 is 0. The molecule has 5 rings (SSSR count). The molecule has 1 fully saturated rings. The smallest absolute Gasteiger partial charge is 0.256 e. The van der Waals surface area contributed by atoms with Gasteiger partial charge in [0.2, 0.25) is 5.91 Å². The number of fused-ring (bicyclic) bond motifs is 2. The lowest BCUT2D eigenvalue weighted by molar-refractivity contribution is -0.122. The zero-order valence-electron chi connectivity index (χ0n) is 16.4. The summed E-state index contributed by atoms with van der Waals surface area (Å²) in [6, 6.07) is 19.6. The zero-order valence-corrected chi connectivity index (χ0v) is 16.4. The highest BCUT2D eigenvalue weighted by atomic mass is 16.2. The van der Waals surface area contributed by atoms with Crippen LogP contribution in [-0.4, -0.2) is 18.4 Å². The first-order valence-electron chi connectivity index (χ1n) is 10.4. The lowest BCUT2D eigenvalue weighted by Gasteiger charge is -2.21. The molecule has 0 unspecified atom stereocenters. The molecule has 1 saturated carbocycles. The molecular weight excluding hydrogens is 360 g/mol. The summed E-state index contributed by atoms with van der Waals surface area (Å²) in [5.41, 5.74) is 3.58. The fourth-order valence-electron chi connectivity index (χ4n) is 4.72. The molecule has 3 aromatic carbocycles. The van der Waals surface area contributed by atoms with E-state index in [4.69, 9.17) is 0 Å². The van der Waals surface area contributed by atoms with Gasteiger partial charge in [0.05, 0.1) is 0 Å². The van der Waals surface area contributed by atoms with Crippen molar-refractivity contribution in [3.05, 3.63) is 71.8 Å². The zero-order chi connectivity index (χ0) is 19.8. The lowest BCUT2D eigenvalue weighted by Crippen LogP contribution is -2.33. The van der Waals surface area contributed by atoms with E-state index in [9.17, 15) is 9.59 Å². The van der Waals surface area contributed by atoms with E-state index in [1.54, 1.807) is 0 Å². The second-order valence-electron chi connectivity index (χ2n) is 8.05. The normalized spacial score (nSPS) is 16.2. The maximum Gasteiger partial charge on any atom is 0.256 e. The first-order chi connectivity index (χ1) is 14.2. The van der Waals surface area contributed by atoms with E-state index in [1.165, 1.54) is 0 Å². The lowest BCUT2D eigenvalue weighted by atomic mass is 10.0. The first kappa shape index (κ1) is 17.9. The van der Waals surface area contributed by atoms with Crippen LogP contribution in [0.4, 0.5) is 11.4 Å². The van der Waals surface area contributed by atoms with E-state index in [1.807, 2.05) is 65.6 Å². The van der Waals surface area contributed by atoms with Crippen LogP contribution in [0.5, 0.6) is 0 Å². The Morgan fingerprint density at radius 2 is 1.72 bits per heavy atom. The van der Waals surface area contributed by atoms with Crippen LogP contribution in [-0.2, 0) is 11.2 Å². The molecule has 146 valence electrons. The predicted octanol–water partition coefficient (Wildman–Crippen LogP) is 5.17. The van der Waals surface area contributed by atoms with Crippen molar-refractivity contribution in [2.24, 2.45) is 5.92 Å². The average Bonchev–Trinajstić information content (AvgIpc) is 3.43. The molecule has 1 aliphatic carbocycles. The molecule has 2 aliphatic rings. The highest BCUT2D eigenvalue weighted by molar-refractivity contribution is 6.13. The minimum absolute atomic E-state index is 0.112. The summed E-state index contributed by atoms with van der Waals surface area (Å²) in [6.07, 6.45) is 5.20. The Kier molecular flexibility index (Phi) is 4.55. The molecule has 0 atom stereocenters. The average molecular weight is 384 g/mol. The van der Waals surface area contributed by atoms with Crippen molar-refractivity contribution < 1.29 is 9.59 Å². The Morgan fingerprint density at radius 3 is 2.59 bits per heavy atom. The molecule has 0 aromatic heterocycles. The number of carbonyl (C=O) groups excluding carboxylic acids is 2. The van der Waals surface area contributed by atoms with Gasteiger partial charge in [0, 0.05) is 29.4 Å². The Hall–Kier alpha value is -3.14. The van der Waals surface area contributed by atoms with Crippen molar-refractivity contribution in [1.82, 2.24) is 0 Å². The van der Waals surface area contributed by atoms with Gasteiger partial charge in [0.1, 0.15) is 0 Å². The van der Waals surface area contributed by atoms with Crippen LogP contribution in [0, 0.1) is 5.92 Å². The molecule has 0 radical (unpaired) electrons. The Bertz CT molecular complexity index is 1090. The monoisotopic (exact) mass is 384 g/mol. The summed E-state index contributed by atoms with van der Waals surface area (Å²) in [5.74, 6) is 0.346. The van der Waals surface area contributed by atoms with Gasteiger partial charge in [-0.3, -0.25) is 9.59 Å². The van der Waals surface area contributed by atoms with Gasteiger partial charge in [-0.15, -0.1) is 0 Å². The van der Waals surface area contributed by atoms with Crippen LogP contribution >= 0.6 is 0 Å². The molecule has 4 heteroatoms. The van der Waals surface area contributed by atoms with Crippen LogP contribution in [0.1, 0.15) is 41.6 Å². The molecular formula is C25H24N2O2. The molecule has 4 nitrogen and oxygen atoms in total. The van der Waals surface area contributed by atoms with Crippen LogP contribution in [0.25, 0.3) is 10.8 Å². The molecule has 1 N–H and O–H groups in total. The van der Waals surface area contributed by atoms with Gasteiger partial charge in [-0.05, 0) is 59.9 Å². The van der Waals surface area contributed by atoms with Crippen molar-refractivity contribution in [2.45, 2.75) is 32.1 Å². The Balaban J connectivity index is 1.37. The van der Waals surface area contributed by atoms with E-state index < -0.39 is 0 Å². The predicted molar refractivity (Wildman–Crippen MR) is 116 cm³/mol. The van der Waals surface area contributed by atoms with E-state index in [0.29, 0.717) is 5.56 Å². The van der Waals surface area contributed by atoms with E-state index in [0.717, 1.165) is 66.4 Å². The molecule has 1 aliphatic heterocycles. The number of amides is 2. The number of benzene rings is 3. The highest BCUT2D eigenvalue weighted by Crippen LogP contribution is 2.35. The van der Waals surface area contributed by atoms with Gasteiger partial charge in [-0.25, -0.2) is 0 Å². The van der Waals surface area contributed by atoms with Crippen molar-refractivity contribution >= 4 is 34.0 Å². The summed E-state index contributed by atoms with van der Waals surface area (Å²) >= 11 is 0. The third-order valence-corrected chi connectivity index (χ3v) is 6.24. The molecule has 0 saturated heterocycles. The quantitative estimate of drug-likeness (QED) is 0.677. The van der Waals surface area contributed by atoms with Gasteiger partial charge >= 0.3 is 0 Å². The van der Waals surface area contributed by atoms with Crippen LogP contribution in [0.3, 0.4) is 0 Å². The molecule has 29 heavy (non-hydrogen) atoms. The number of rotatable bonds is 3. The summed E-state index contributed by atoms with van der Waals surface area (Å²) in [6.45, 7) is 0.741. The van der Waals surface area contributed by atoms with E-state index in [2.05, 4.69) is 5.32 Å². The number of hydrogen-bond donors (Lipinski definition) is 1. The standard InChI is InChI=1S/C25H24N2O2/c28-24(22-11-5-9-17-6-3-4-10-21(17)22)26-20-12-13-23-19(16-20)14-15-27(23)25(29)18-7-1-2-8-18/h3-6,9-13,16,18H,1-2,7-8,14-15H2,(H,26,28). The van der Waals surface area contributed by atoms with Crippen LogP contribution in [0.15, 0.2) is 60.7 Å². The summed E-state index contributed by atoms with van der Waals surface area (Å²) in [5, 5.41) is 5.03.